The molecule has 0 aliphatic heterocycles. The molecule has 0 spiro atoms. The zero-order valence-electron chi connectivity index (χ0n) is 12.9. The SMILES string of the molecule is O=C(CSc1nnc(COc2ccc(Cl)cc2)o1)Nc1ccccn1. The van der Waals surface area contributed by atoms with E-state index in [-0.39, 0.29) is 18.3 Å². The van der Waals surface area contributed by atoms with Crippen LogP contribution in [-0.2, 0) is 11.4 Å². The van der Waals surface area contributed by atoms with Crippen molar-refractivity contribution in [3.63, 3.8) is 0 Å². The normalized spacial score (nSPS) is 10.4. The molecule has 1 N–H and O–H groups in total. The predicted octanol–water partition coefficient (Wildman–Crippen LogP) is 3.43. The number of aromatic nitrogens is 3. The third-order valence-corrected chi connectivity index (χ3v) is 3.95. The summed E-state index contributed by atoms with van der Waals surface area (Å²) in [5, 5.41) is 11.4. The number of benzene rings is 1. The first-order chi connectivity index (χ1) is 12.2. The average Bonchev–Trinajstić information content (AvgIpc) is 3.08. The van der Waals surface area contributed by atoms with Crippen LogP contribution in [0.1, 0.15) is 5.89 Å². The Kier molecular flexibility index (Phi) is 5.86. The number of pyridine rings is 1. The summed E-state index contributed by atoms with van der Waals surface area (Å²) in [5.74, 6) is 1.39. The van der Waals surface area contributed by atoms with Gasteiger partial charge in [-0.2, -0.15) is 0 Å². The molecule has 2 aromatic heterocycles. The number of carbonyl (C=O) groups excluding carboxylic acids is 1. The first kappa shape index (κ1) is 17.2. The summed E-state index contributed by atoms with van der Waals surface area (Å²) in [6, 6.07) is 12.2. The maximum Gasteiger partial charge on any atom is 0.277 e. The van der Waals surface area contributed by atoms with Crippen LogP contribution in [0.2, 0.25) is 5.02 Å². The second kappa shape index (κ2) is 8.50. The molecule has 2 heterocycles. The Morgan fingerprint density at radius 3 is 2.80 bits per heavy atom. The molecule has 25 heavy (non-hydrogen) atoms. The van der Waals surface area contributed by atoms with Gasteiger partial charge in [-0.15, -0.1) is 10.2 Å². The largest absolute Gasteiger partial charge is 0.484 e. The highest BCUT2D eigenvalue weighted by molar-refractivity contribution is 7.99. The summed E-state index contributed by atoms with van der Waals surface area (Å²) in [7, 11) is 0. The molecule has 0 bridgehead atoms. The number of hydrogen-bond donors (Lipinski definition) is 1. The van der Waals surface area contributed by atoms with Gasteiger partial charge in [0, 0.05) is 11.2 Å². The maximum absolute atomic E-state index is 11.8. The molecule has 0 aliphatic rings. The Balaban J connectivity index is 1.45. The molecule has 0 fully saturated rings. The highest BCUT2D eigenvalue weighted by Gasteiger charge is 2.10. The molecule has 1 aromatic carbocycles. The minimum Gasteiger partial charge on any atom is -0.484 e. The first-order valence-corrected chi connectivity index (χ1v) is 8.60. The number of anilines is 1. The van der Waals surface area contributed by atoms with E-state index >= 15 is 0 Å². The van der Waals surface area contributed by atoms with Crippen LogP contribution in [-0.4, -0.2) is 26.8 Å². The Bertz CT molecular complexity index is 827. The summed E-state index contributed by atoms with van der Waals surface area (Å²) in [4.78, 5) is 15.9. The topological polar surface area (TPSA) is 90.1 Å². The van der Waals surface area contributed by atoms with Gasteiger partial charge in [0.1, 0.15) is 11.6 Å². The van der Waals surface area contributed by atoms with E-state index in [0.717, 1.165) is 11.8 Å². The first-order valence-electron chi connectivity index (χ1n) is 7.23. The molecule has 0 saturated heterocycles. The van der Waals surface area contributed by atoms with Crippen molar-refractivity contribution in [3.05, 3.63) is 59.6 Å². The number of ether oxygens (including phenoxy) is 1. The summed E-state index contributed by atoms with van der Waals surface area (Å²) in [5.41, 5.74) is 0. The van der Waals surface area contributed by atoms with E-state index in [2.05, 4.69) is 20.5 Å². The van der Waals surface area contributed by atoms with Crippen molar-refractivity contribution in [2.75, 3.05) is 11.1 Å². The fourth-order valence-corrected chi connectivity index (χ4v) is 2.48. The molecule has 9 heteroatoms. The molecule has 0 atom stereocenters. The van der Waals surface area contributed by atoms with Crippen molar-refractivity contribution in [2.45, 2.75) is 11.8 Å². The Labute approximate surface area is 152 Å². The number of amides is 1. The number of carbonyl (C=O) groups is 1. The van der Waals surface area contributed by atoms with Gasteiger partial charge < -0.3 is 14.5 Å². The van der Waals surface area contributed by atoms with Gasteiger partial charge in [0.25, 0.3) is 11.1 Å². The van der Waals surface area contributed by atoms with Crippen LogP contribution in [0.25, 0.3) is 0 Å². The van der Waals surface area contributed by atoms with Gasteiger partial charge in [-0.25, -0.2) is 4.98 Å². The highest BCUT2D eigenvalue weighted by atomic mass is 35.5. The number of nitrogens with zero attached hydrogens (tertiary/aromatic N) is 3. The van der Waals surface area contributed by atoms with Crippen molar-refractivity contribution < 1.29 is 13.9 Å². The zero-order chi connectivity index (χ0) is 17.5. The smallest absolute Gasteiger partial charge is 0.277 e. The van der Waals surface area contributed by atoms with Crippen molar-refractivity contribution >= 4 is 35.1 Å². The summed E-state index contributed by atoms with van der Waals surface area (Å²) in [6.45, 7) is 0.134. The minimum absolute atomic E-state index is 0.134. The van der Waals surface area contributed by atoms with Crippen LogP contribution in [0.15, 0.2) is 58.3 Å². The second-order valence-corrected chi connectivity index (χ2v) is 6.12. The fourth-order valence-electron chi connectivity index (χ4n) is 1.77. The van der Waals surface area contributed by atoms with E-state index in [4.69, 9.17) is 20.8 Å². The third kappa shape index (κ3) is 5.47. The molecule has 0 saturated carbocycles. The number of nitrogens with one attached hydrogen (secondary N) is 1. The molecule has 0 aliphatic carbocycles. The molecule has 0 radical (unpaired) electrons. The van der Waals surface area contributed by atoms with Gasteiger partial charge in [0.05, 0.1) is 5.75 Å². The molecular formula is C16H13ClN4O3S. The van der Waals surface area contributed by atoms with Crippen LogP contribution in [0.5, 0.6) is 5.75 Å². The molecule has 0 unspecified atom stereocenters. The van der Waals surface area contributed by atoms with Crippen molar-refractivity contribution in [3.8, 4) is 5.75 Å². The lowest BCUT2D eigenvalue weighted by Crippen LogP contribution is -2.14. The molecule has 3 rings (SSSR count). The lowest BCUT2D eigenvalue weighted by molar-refractivity contribution is -0.113. The third-order valence-electron chi connectivity index (χ3n) is 2.88. The van der Waals surface area contributed by atoms with E-state index in [1.807, 2.05) is 0 Å². The summed E-state index contributed by atoms with van der Waals surface area (Å²) in [6.07, 6.45) is 1.60. The summed E-state index contributed by atoms with van der Waals surface area (Å²) >= 11 is 6.95. The second-order valence-electron chi connectivity index (χ2n) is 4.76. The van der Waals surface area contributed by atoms with Crippen molar-refractivity contribution in [1.29, 1.82) is 0 Å². The summed E-state index contributed by atoms with van der Waals surface area (Å²) < 4.78 is 10.9. The number of rotatable bonds is 7. The average molecular weight is 377 g/mol. The van der Waals surface area contributed by atoms with Gasteiger partial charge in [0.2, 0.25) is 5.91 Å². The standard InChI is InChI=1S/C16H13ClN4O3S/c17-11-4-6-12(7-5-11)23-9-15-20-21-16(24-15)25-10-14(22)19-13-3-1-2-8-18-13/h1-8H,9-10H2,(H,18,19,22). The molecule has 128 valence electrons. The predicted molar refractivity (Wildman–Crippen MR) is 93.7 cm³/mol. The van der Waals surface area contributed by atoms with E-state index in [0.29, 0.717) is 27.7 Å². The van der Waals surface area contributed by atoms with E-state index in [1.54, 1.807) is 48.7 Å². The zero-order valence-corrected chi connectivity index (χ0v) is 14.5. The monoisotopic (exact) mass is 376 g/mol. The van der Waals surface area contributed by atoms with E-state index in [1.165, 1.54) is 0 Å². The number of hydrogen-bond acceptors (Lipinski definition) is 7. The van der Waals surface area contributed by atoms with Gasteiger partial charge in [-0.1, -0.05) is 29.4 Å². The highest BCUT2D eigenvalue weighted by Crippen LogP contribution is 2.19. The Morgan fingerprint density at radius 2 is 2.04 bits per heavy atom. The van der Waals surface area contributed by atoms with Crippen LogP contribution < -0.4 is 10.1 Å². The maximum atomic E-state index is 11.8. The van der Waals surface area contributed by atoms with Crippen LogP contribution >= 0.6 is 23.4 Å². The quantitative estimate of drug-likeness (QED) is 0.631. The van der Waals surface area contributed by atoms with Gasteiger partial charge in [-0.3, -0.25) is 4.79 Å². The van der Waals surface area contributed by atoms with Gasteiger partial charge in [0.15, 0.2) is 6.61 Å². The van der Waals surface area contributed by atoms with Crippen LogP contribution in [0.3, 0.4) is 0 Å². The number of thioether (sulfide) groups is 1. The van der Waals surface area contributed by atoms with Crippen LogP contribution in [0, 0.1) is 0 Å². The Hall–Kier alpha value is -2.58. The molecular weight excluding hydrogens is 364 g/mol. The van der Waals surface area contributed by atoms with Gasteiger partial charge >= 0.3 is 0 Å². The molecule has 3 aromatic rings. The fraction of sp³-hybridized carbons (Fsp3) is 0.125. The van der Waals surface area contributed by atoms with E-state index in [9.17, 15) is 4.79 Å². The van der Waals surface area contributed by atoms with Gasteiger partial charge in [-0.05, 0) is 36.4 Å². The Morgan fingerprint density at radius 1 is 1.20 bits per heavy atom. The lowest BCUT2D eigenvalue weighted by atomic mass is 10.3. The van der Waals surface area contributed by atoms with Crippen molar-refractivity contribution in [2.24, 2.45) is 0 Å². The molecule has 1 amide bonds. The lowest BCUT2D eigenvalue weighted by Gasteiger charge is -2.02. The minimum atomic E-state index is -0.208. The number of halogens is 1. The van der Waals surface area contributed by atoms with Crippen molar-refractivity contribution in [1.82, 2.24) is 15.2 Å². The van der Waals surface area contributed by atoms with E-state index < -0.39 is 0 Å². The molecule has 7 nitrogen and oxygen atoms in total. The van der Waals surface area contributed by atoms with Crippen LogP contribution in [0.4, 0.5) is 5.82 Å².